The number of halogens is 1. The molecule has 5 nitrogen and oxygen atoms in total. The van der Waals surface area contributed by atoms with E-state index in [1.54, 1.807) is 30.3 Å². The van der Waals surface area contributed by atoms with E-state index in [0.29, 0.717) is 23.6 Å². The first kappa shape index (κ1) is 22.4. The Bertz CT molecular complexity index is 1330. The van der Waals surface area contributed by atoms with Gasteiger partial charge in [-0.05, 0) is 48.7 Å². The van der Waals surface area contributed by atoms with Crippen LogP contribution in [-0.2, 0) is 11.2 Å². The van der Waals surface area contributed by atoms with Gasteiger partial charge in [0.05, 0.1) is 10.6 Å². The summed E-state index contributed by atoms with van der Waals surface area (Å²) in [6.07, 6.45) is 2.32. The number of carbonyl (C=O) groups is 2. The minimum atomic E-state index is -0.439. The zero-order valence-corrected chi connectivity index (χ0v) is 18.9. The quantitative estimate of drug-likeness (QED) is 0.331. The van der Waals surface area contributed by atoms with Crippen molar-refractivity contribution in [2.75, 3.05) is 6.54 Å². The van der Waals surface area contributed by atoms with Gasteiger partial charge in [0.2, 0.25) is 0 Å². The van der Waals surface area contributed by atoms with Crippen LogP contribution in [0.25, 0.3) is 17.0 Å². The summed E-state index contributed by atoms with van der Waals surface area (Å²) >= 11 is 6.16. The van der Waals surface area contributed by atoms with Gasteiger partial charge in [-0.15, -0.1) is 0 Å². The third kappa shape index (κ3) is 5.33. The minimum absolute atomic E-state index is 0.154. The van der Waals surface area contributed by atoms with Gasteiger partial charge >= 0.3 is 0 Å². The Hall–Kier alpha value is -3.83. The first-order valence-corrected chi connectivity index (χ1v) is 11.1. The average Bonchev–Trinajstić information content (AvgIpc) is 3.14. The number of rotatable bonds is 7. The molecule has 0 spiro atoms. The summed E-state index contributed by atoms with van der Waals surface area (Å²) in [5.74, 6) is -0.804. The van der Waals surface area contributed by atoms with E-state index in [1.807, 2.05) is 55.5 Å². The molecule has 0 unspecified atom stereocenters. The summed E-state index contributed by atoms with van der Waals surface area (Å²) in [6.45, 7) is 2.46. The van der Waals surface area contributed by atoms with E-state index in [2.05, 4.69) is 21.7 Å². The van der Waals surface area contributed by atoms with Crippen LogP contribution < -0.4 is 10.6 Å². The van der Waals surface area contributed by atoms with Crippen molar-refractivity contribution in [1.29, 1.82) is 0 Å². The molecule has 6 heteroatoms. The molecule has 3 N–H and O–H groups in total. The normalized spacial score (nSPS) is 11.4. The highest BCUT2D eigenvalue weighted by atomic mass is 35.5. The fraction of sp³-hybridized carbons (Fsp3) is 0.111. The predicted octanol–water partition coefficient (Wildman–Crippen LogP) is 5.26. The van der Waals surface area contributed by atoms with Crippen LogP contribution in [0.3, 0.4) is 0 Å². The second kappa shape index (κ2) is 10.2. The van der Waals surface area contributed by atoms with E-state index in [0.717, 1.165) is 22.2 Å². The summed E-state index contributed by atoms with van der Waals surface area (Å²) < 4.78 is 0. The third-order valence-corrected chi connectivity index (χ3v) is 5.74. The predicted molar refractivity (Wildman–Crippen MR) is 133 cm³/mol. The summed E-state index contributed by atoms with van der Waals surface area (Å²) in [4.78, 5) is 29.2. The van der Waals surface area contributed by atoms with Gasteiger partial charge in [0, 0.05) is 23.1 Å². The standard InChI is InChI=1S/C27H24ClN3O2/c1-18-20(21-11-6-8-14-24(21)30-18)15-16-29-27(33)25(17-19-9-3-2-4-10-19)31-26(32)22-12-5-7-13-23(22)28/h2-14,17,30H,15-16H2,1H3,(H,29,33)(H,31,32)/b25-17-. The van der Waals surface area contributed by atoms with E-state index < -0.39 is 5.91 Å². The molecule has 1 heterocycles. The van der Waals surface area contributed by atoms with Crippen LogP contribution in [0.15, 0.2) is 84.6 Å². The van der Waals surface area contributed by atoms with Crippen LogP contribution in [-0.4, -0.2) is 23.3 Å². The van der Waals surface area contributed by atoms with Gasteiger partial charge in [0.25, 0.3) is 11.8 Å². The van der Waals surface area contributed by atoms with Crippen LogP contribution in [0.5, 0.6) is 0 Å². The molecule has 4 aromatic rings. The number of aromatic nitrogens is 1. The average molecular weight is 458 g/mol. The number of carbonyl (C=O) groups excluding carboxylic acids is 2. The molecule has 3 aromatic carbocycles. The van der Waals surface area contributed by atoms with Crippen LogP contribution in [0, 0.1) is 6.92 Å². The lowest BCUT2D eigenvalue weighted by molar-refractivity contribution is -0.117. The second-order valence-corrected chi connectivity index (χ2v) is 8.09. The number of H-pyrrole nitrogens is 1. The molecule has 1 aromatic heterocycles. The lowest BCUT2D eigenvalue weighted by Gasteiger charge is -2.12. The molecule has 0 aliphatic rings. The lowest BCUT2D eigenvalue weighted by atomic mass is 10.1. The second-order valence-electron chi connectivity index (χ2n) is 7.68. The Morgan fingerprint density at radius 2 is 1.64 bits per heavy atom. The fourth-order valence-corrected chi connectivity index (χ4v) is 3.98. The number of hydrogen-bond acceptors (Lipinski definition) is 2. The van der Waals surface area contributed by atoms with Crippen molar-refractivity contribution < 1.29 is 9.59 Å². The van der Waals surface area contributed by atoms with Crippen LogP contribution >= 0.6 is 11.6 Å². The molecule has 0 saturated heterocycles. The largest absolute Gasteiger partial charge is 0.358 e. The minimum Gasteiger partial charge on any atom is -0.358 e. The van der Waals surface area contributed by atoms with Gasteiger partial charge in [0.1, 0.15) is 5.70 Å². The number of fused-ring (bicyclic) bond motifs is 1. The molecule has 0 fully saturated rings. The van der Waals surface area contributed by atoms with Crippen LogP contribution in [0.2, 0.25) is 5.02 Å². The molecule has 0 bridgehead atoms. The van der Waals surface area contributed by atoms with Gasteiger partial charge in [0.15, 0.2) is 0 Å². The number of aryl methyl sites for hydroxylation is 1. The third-order valence-electron chi connectivity index (χ3n) is 5.41. The molecule has 0 aliphatic heterocycles. The van der Waals surface area contributed by atoms with Gasteiger partial charge < -0.3 is 15.6 Å². The number of amides is 2. The molecule has 0 radical (unpaired) electrons. The Balaban J connectivity index is 1.51. The topological polar surface area (TPSA) is 74.0 Å². The van der Waals surface area contributed by atoms with Gasteiger partial charge in [-0.25, -0.2) is 0 Å². The SMILES string of the molecule is Cc1[nH]c2ccccc2c1CCNC(=O)/C(=C/c1ccccc1)NC(=O)c1ccccc1Cl. The van der Waals surface area contributed by atoms with Crippen LogP contribution in [0.4, 0.5) is 0 Å². The molecule has 0 atom stereocenters. The number of benzene rings is 3. The van der Waals surface area contributed by atoms with Gasteiger partial charge in [-0.2, -0.15) is 0 Å². The number of aromatic amines is 1. The van der Waals surface area contributed by atoms with Crippen molar-refractivity contribution in [3.05, 3.63) is 112 Å². The zero-order chi connectivity index (χ0) is 23.2. The number of para-hydroxylation sites is 1. The number of hydrogen-bond donors (Lipinski definition) is 3. The molecule has 4 rings (SSSR count). The van der Waals surface area contributed by atoms with Crippen molar-refractivity contribution in [3.63, 3.8) is 0 Å². The highest BCUT2D eigenvalue weighted by molar-refractivity contribution is 6.34. The highest BCUT2D eigenvalue weighted by Gasteiger charge is 2.17. The monoisotopic (exact) mass is 457 g/mol. The molecule has 0 saturated carbocycles. The van der Waals surface area contributed by atoms with E-state index in [-0.39, 0.29) is 11.6 Å². The smallest absolute Gasteiger partial charge is 0.267 e. The van der Waals surface area contributed by atoms with Gasteiger partial charge in [-0.1, -0.05) is 72.3 Å². The first-order chi connectivity index (χ1) is 16.0. The maximum atomic E-state index is 13.0. The molecule has 0 aliphatic carbocycles. The Morgan fingerprint density at radius 1 is 0.939 bits per heavy atom. The maximum absolute atomic E-state index is 13.0. The van der Waals surface area contributed by atoms with Gasteiger partial charge in [-0.3, -0.25) is 9.59 Å². The molecule has 2 amide bonds. The molecular formula is C27H24ClN3O2. The van der Waals surface area contributed by atoms with E-state index in [4.69, 9.17) is 11.6 Å². The molecule has 33 heavy (non-hydrogen) atoms. The van der Waals surface area contributed by atoms with Crippen molar-refractivity contribution in [2.45, 2.75) is 13.3 Å². The van der Waals surface area contributed by atoms with E-state index >= 15 is 0 Å². The summed E-state index contributed by atoms with van der Waals surface area (Å²) in [6, 6.07) is 24.2. The van der Waals surface area contributed by atoms with E-state index in [9.17, 15) is 9.59 Å². The Labute approximate surface area is 197 Å². The first-order valence-electron chi connectivity index (χ1n) is 10.7. The molecule has 166 valence electrons. The van der Waals surface area contributed by atoms with Crippen LogP contribution in [0.1, 0.15) is 27.2 Å². The Kier molecular flexibility index (Phi) is 6.91. The highest BCUT2D eigenvalue weighted by Crippen LogP contribution is 2.22. The van der Waals surface area contributed by atoms with Crippen molar-refractivity contribution in [3.8, 4) is 0 Å². The lowest BCUT2D eigenvalue weighted by Crippen LogP contribution is -2.35. The summed E-state index contributed by atoms with van der Waals surface area (Å²) in [7, 11) is 0. The Morgan fingerprint density at radius 3 is 2.42 bits per heavy atom. The van der Waals surface area contributed by atoms with Crippen molar-refractivity contribution in [2.24, 2.45) is 0 Å². The summed E-state index contributed by atoms with van der Waals surface area (Å²) in [5, 5.41) is 7.14. The number of nitrogens with one attached hydrogen (secondary N) is 3. The van der Waals surface area contributed by atoms with E-state index in [1.165, 1.54) is 5.56 Å². The zero-order valence-electron chi connectivity index (χ0n) is 18.2. The van der Waals surface area contributed by atoms with Crippen molar-refractivity contribution in [1.82, 2.24) is 15.6 Å². The maximum Gasteiger partial charge on any atom is 0.267 e. The fourth-order valence-electron chi connectivity index (χ4n) is 3.76. The van der Waals surface area contributed by atoms with Crippen molar-refractivity contribution >= 4 is 40.4 Å². The molecular weight excluding hydrogens is 434 g/mol. The summed E-state index contributed by atoms with van der Waals surface area (Å²) in [5.41, 5.74) is 4.59.